The molecule has 0 atom stereocenters. The zero-order valence-corrected chi connectivity index (χ0v) is 14.9. The number of sulfone groups is 1. The molecule has 0 unspecified atom stereocenters. The van der Waals surface area contributed by atoms with Gasteiger partial charge < -0.3 is 10.2 Å². The fraction of sp³-hybridized carbons (Fsp3) is 0.417. The summed E-state index contributed by atoms with van der Waals surface area (Å²) in [5.74, 6) is 0.785. The van der Waals surface area contributed by atoms with Crippen LogP contribution in [-0.2, 0) is 9.84 Å². The molecule has 1 aliphatic heterocycles. The molecule has 1 aromatic carbocycles. The molecule has 0 bridgehead atoms. The molecular weight excluding hydrogens is 413 g/mol. The normalized spacial score (nSPS) is 14.7. The van der Waals surface area contributed by atoms with Crippen LogP contribution in [-0.4, -0.2) is 51.7 Å². The van der Waals surface area contributed by atoms with Gasteiger partial charge in [0.15, 0.2) is 15.8 Å². The van der Waals surface area contributed by atoms with Crippen LogP contribution in [0.15, 0.2) is 34.2 Å². The van der Waals surface area contributed by atoms with Crippen molar-refractivity contribution in [2.24, 2.45) is 4.99 Å². The predicted octanol–water partition coefficient (Wildman–Crippen LogP) is 1.62. The summed E-state index contributed by atoms with van der Waals surface area (Å²) in [7, 11) is -1.36. The standard InChI is InChI=1S/C12H16ClN3O2S.HI/c1-16-8-6-14-12(16)15-7-9-19(17,18)11-4-2-10(13)3-5-11;/h2-5H,6-9H2,1H3,(H,14,15);1H. The van der Waals surface area contributed by atoms with Crippen molar-refractivity contribution >= 4 is 51.4 Å². The second-order valence-corrected chi connectivity index (χ2v) is 6.87. The minimum absolute atomic E-state index is 0. The van der Waals surface area contributed by atoms with Gasteiger partial charge in [-0.2, -0.15) is 0 Å². The summed E-state index contributed by atoms with van der Waals surface area (Å²) in [6.45, 7) is 1.96. The van der Waals surface area contributed by atoms with Gasteiger partial charge in [0.2, 0.25) is 0 Å². The highest BCUT2D eigenvalue weighted by Gasteiger charge is 2.16. The lowest BCUT2D eigenvalue weighted by Crippen LogP contribution is -2.38. The van der Waals surface area contributed by atoms with Gasteiger partial charge in [0.25, 0.3) is 0 Å². The molecule has 8 heteroatoms. The van der Waals surface area contributed by atoms with Crippen LogP contribution in [0.2, 0.25) is 5.02 Å². The molecule has 1 N–H and O–H groups in total. The largest absolute Gasteiger partial charge is 0.355 e. The molecule has 0 spiro atoms. The number of nitrogens with zero attached hydrogens (tertiary/aromatic N) is 2. The first kappa shape index (κ1) is 17.5. The summed E-state index contributed by atoms with van der Waals surface area (Å²) in [6, 6.07) is 6.21. The van der Waals surface area contributed by atoms with Gasteiger partial charge in [-0.25, -0.2) is 8.42 Å². The third kappa shape index (κ3) is 4.49. The maximum atomic E-state index is 12.1. The number of hydrogen-bond donors (Lipinski definition) is 1. The van der Waals surface area contributed by atoms with E-state index in [1.165, 1.54) is 12.1 Å². The third-order valence-electron chi connectivity index (χ3n) is 2.89. The van der Waals surface area contributed by atoms with Crippen molar-refractivity contribution in [2.45, 2.75) is 4.90 Å². The Hall–Kier alpha value is -0.540. The van der Waals surface area contributed by atoms with Crippen LogP contribution in [0.5, 0.6) is 0 Å². The lowest BCUT2D eigenvalue weighted by atomic mass is 10.4. The highest BCUT2D eigenvalue weighted by molar-refractivity contribution is 14.0. The van der Waals surface area contributed by atoms with E-state index in [9.17, 15) is 8.42 Å². The number of rotatable bonds is 4. The van der Waals surface area contributed by atoms with Crippen LogP contribution < -0.4 is 5.32 Å². The van der Waals surface area contributed by atoms with Gasteiger partial charge in [-0.1, -0.05) is 11.6 Å². The molecule has 2 rings (SSSR count). The predicted molar refractivity (Wildman–Crippen MR) is 91.9 cm³/mol. The van der Waals surface area contributed by atoms with Gasteiger partial charge in [-0.05, 0) is 24.3 Å². The van der Waals surface area contributed by atoms with Crippen molar-refractivity contribution in [3.63, 3.8) is 0 Å². The number of likely N-dealkylation sites (N-methyl/N-ethyl adjacent to an activating group) is 1. The molecule has 0 saturated heterocycles. The first-order chi connectivity index (χ1) is 8.99. The Morgan fingerprint density at radius 2 is 2.00 bits per heavy atom. The summed E-state index contributed by atoms with van der Waals surface area (Å²) in [5, 5.41) is 3.57. The summed E-state index contributed by atoms with van der Waals surface area (Å²) < 4.78 is 24.1. The second kappa shape index (κ2) is 7.46. The lowest BCUT2D eigenvalue weighted by Gasteiger charge is -2.15. The number of nitrogens with one attached hydrogen (secondary N) is 1. The maximum absolute atomic E-state index is 12.1. The molecule has 1 heterocycles. The first-order valence-corrected chi connectivity index (χ1v) is 8.00. The van der Waals surface area contributed by atoms with E-state index in [0.29, 0.717) is 16.5 Å². The first-order valence-electron chi connectivity index (χ1n) is 5.97. The molecule has 0 saturated carbocycles. The Bertz CT molecular complexity index is 575. The molecule has 0 radical (unpaired) electrons. The van der Waals surface area contributed by atoms with Crippen molar-refractivity contribution in [2.75, 3.05) is 32.4 Å². The average molecular weight is 430 g/mol. The van der Waals surface area contributed by atoms with E-state index in [-0.39, 0.29) is 29.7 Å². The van der Waals surface area contributed by atoms with Gasteiger partial charge in [0.1, 0.15) is 0 Å². The molecule has 0 amide bonds. The quantitative estimate of drug-likeness (QED) is 0.739. The van der Waals surface area contributed by atoms with Gasteiger partial charge in [-0.15, -0.1) is 24.0 Å². The number of halogens is 2. The van der Waals surface area contributed by atoms with Crippen LogP contribution >= 0.6 is 35.6 Å². The highest BCUT2D eigenvalue weighted by atomic mass is 127. The van der Waals surface area contributed by atoms with Crippen molar-refractivity contribution in [1.82, 2.24) is 10.2 Å². The zero-order chi connectivity index (χ0) is 13.9. The van der Waals surface area contributed by atoms with Crippen LogP contribution in [0.4, 0.5) is 0 Å². The smallest absolute Gasteiger partial charge is 0.193 e. The Morgan fingerprint density at radius 1 is 1.35 bits per heavy atom. The third-order valence-corrected chi connectivity index (χ3v) is 4.87. The summed E-state index contributed by atoms with van der Waals surface area (Å²) in [6.07, 6.45) is 0. The highest BCUT2D eigenvalue weighted by Crippen LogP contribution is 2.15. The topological polar surface area (TPSA) is 61.8 Å². The number of guanidine groups is 1. The van der Waals surface area contributed by atoms with E-state index < -0.39 is 9.84 Å². The molecule has 112 valence electrons. The van der Waals surface area contributed by atoms with E-state index in [1.54, 1.807) is 12.1 Å². The second-order valence-electron chi connectivity index (χ2n) is 4.33. The SMILES string of the molecule is CN1CCN=C1NCCS(=O)(=O)c1ccc(Cl)cc1.I. The molecule has 0 aliphatic carbocycles. The number of aliphatic imine (C=N–C) groups is 1. The van der Waals surface area contributed by atoms with Crippen molar-refractivity contribution in [1.29, 1.82) is 0 Å². The van der Waals surface area contributed by atoms with E-state index in [0.717, 1.165) is 19.0 Å². The van der Waals surface area contributed by atoms with Gasteiger partial charge >= 0.3 is 0 Å². The van der Waals surface area contributed by atoms with Crippen LogP contribution in [0.3, 0.4) is 0 Å². The summed E-state index contributed by atoms with van der Waals surface area (Å²) >= 11 is 5.74. The Kier molecular flexibility index (Phi) is 6.53. The van der Waals surface area contributed by atoms with E-state index in [4.69, 9.17) is 11.6 Å². The van der Waals surface area contributed by atoms with Crippen LogP contribution in [0.25, 0.3) is 0 Å². The average Bonchev–Trinajstić information content (AvgIpc) is 2.75. The molecule has 1 aliphatic rings. The minimum Gasteiger partial charge on any atom is -0.355 e. The van der Waals surface area contributed by atoms with E-state index >= 15 is 0 Å². The number of benzene rings is 1. The zero-order valence-electron chi connectivity index (χ0n) is 11.0. The molecule has 0 fully saturated rings. The van der Waals surface area contributed by atoms with Gasteiger partial charge in [0.05, 0.1) is 17.2 Å². The molecular formula is C12H17ClIN3O2S. The fourth-order valence-electron chi connectivity index (χ4n) is 1.78. The van der Waals surface area contributed by atoms with Gasteiger partial charge in [-0.3, -0.25) is 4.99 Å². The Morgan fingerprint density at radius 3 is 2.55 bits per heavy atom. The molecule has 20 heavy (non-hydrogen) atoms. The number of hydrogen-bond acceptors (Lipinski definition) is 5. The van der Waals surface area contributed by atoms with Gasteiger partial charge in [0, 0.05) is 25.2 Å². The molecule has 0 aromatic heterocycles. The lowest BCUT2D eigenvalue weighted by molar-refractivity contribution is 0.535. The van der Waals surface area contributed by atoms with Crippen LogP contribution in [0, 0.1) is 0 Å². The van der Waals surface area contributed by atoms with Crippen molar-refractivity contribution in [3.05, 3.63) is 29.3 Å². The Labute approximate surface area is 141 Å². The van der Waals surface area contributed by atoms with Crippen molar-refractivity contribution in [3.8, 4) is 0 Å². The Balaban J connectivity index is 0.00000200. The maximum Gasteiger partial charge on any atom is 0.193 e. The minimum atomic E-state index is -3.28. The molecule has 1 aromatic rings. The van der Waals surface area contributed by atoms with E-state index in [1.807, 2.05) is 11.9 Å². The van der Waals surface area contributed by atoms with E-state index in [2.05, 4.69) is 10.3 Å². The van der Waals surface area contributed by atoms with Crippen molar-refractivity contribution < 1.29 is 8.42 Å². The van der Waals surface area contributed by atoms with Crippen LogP contribution in [0.1, 0.15) is 0 Å². The summed E-state index contributed by atoms with van der Waals surface area (Å²) in [5.41, 5.74) is 0. The molecule has 5 nitrogen and oxygen atoms in total. The summed E-state index contributed by atoms with van der Waals surface area (Å²) in [4.78, 5) is 6.50. The monoisotopic (exact) mass is 429 g/mol. The fourth-order valence-corrected chi connectivity index (χ4v) is 3.06.